The Morgan fingerprint density at radius 3 is 2.29 bits per heavy atom. The fourth-order valence-electron chi connectivity index (χ4n) is 5.16. The lowest BCUT2D eigenvalue weighted by Crippen LogP contribution is -2.26. The second kappa shape index (κ2) is 9.72. The van der Waals surface area contributed by atoms with Crippen molar-refractivity contribution in [3.05, 3.63) is 72.3 Å². The number of phenolic OH excluding ortho intramolecular Hbond substituents is 1. The standard InChI is InChI=1S/C29H30N2O3/c1-2-7-20-12-14-21(15-13-20)29(33)34-28-17-16-23(32)18-22(28)19-30-31-26-10-5-3-8-24(26)25-9-4-6-11-27(25)31/h3-6,8-11,16-21,32H,2,7,12-15H2,1H3/b30-19+. The maximum absolute atomic E-state index is 12.9. The third kappa shape index (κ3) is 4.43. The minimum atomic E-state index is -0.188. The average Bonchev–Trinajstić information content (AvgIpc) is 3.18. The predicted octanol–water partition coefficient (Wildman–Crippen LogP) is 6.89. The Morgan fingerprint density at radius 2 is 1.65 bits per heavy atom. The van der Waals surface area contributed by atoms with Crippen LogP contribution in [-0.4, -0.2) is 22.0 Å². The zero-order valence-corrected chi connectivity index (χ0v) is 19.5. The van der Waals surface area contributed by atoms with E-state index in [-0.39, 0.29) is 17.6 Å². The molecule has 0 radical (unpaired) electrons. The molecule has 0 unspecified atom stereocenters. The lowest BCUT2D eigenvalue weighted by atomic mass is 9.80. The number of aromatic hydroxyl groups is 1. The topological polar surface area (TPSA) is 63.8 Å². The van der Waals surface area contributed by atoms with Crippen molar-refractivity contribution in [2.45, 2.75) is 45.4 Å². The number of carbonyl (C=O) groups is 1. The molecule has 1 heterocycles. The minimum absolute atomic E-state index is 0.0657. The van der Waals surface area contributed by atoms with Crippen LogP contribution in [0.25, 0.3) is 21.8 Å². The molecule has 1 fully saturated rings. The van der Waals surface area contributed by atoms with Crippen molar-refractivity contribution in [2.24, 2.45) is 16.9 Å². The first kappa shape index (κ1) is 22.2. The first-order valence-electron chi connectivity index (χ1n) is 12.2. The Morgan fingerprint density at radius 1 is 1.00 bits per heavy atom. The van der Waals surface area contributed by atoms with E-state index in [1.807, 2.05) is 41.1 Å². The number of hydrogen-bond acceptors (Lipinski definition) is 4. The van der Waals surface area contributed by atoms with Gasteiger partial charge in [-0.1, -0.05) is 56.2 Å². The molecular weight excluding hydrogens is 424 g/mol. The van der Waals surface area contributed by atoms with Gasteiger partial charge in [0.15, 0.2) is 0 Å². The van der Waals surface area contributed by atoms with Crippen molar-refractivity contribution in [3.63, 3.8) is 0 Å². The molecule has 0 bridgehead atoms. The molecule has 1 aliphatic carbocycles. The van der Waals surface area contributed by atoms with E-state index >= 15 is 0 Å². The molecule has 0 amide bonds. The molecule has 0 aliphatic heterocycles. The molecule has 1 saturated carbocycles. The number of aromatic nitrogens is 1. The van der Waals surface area contributed by atoms with Crippen molar-refractivity contribution in [3.8, 4) is 11.5 Å². The summed E-state index contributed by atoms with van der Waals surface area (Å²) in [7, 11) is 0. The smallest absolute Gasteiger partial charge is 0.314 e. The maximum Gasteiger partial charge on any atom is 0.314 e. The third-order valence-corrected chi connectivity index (χ3v) is 6.95. The molecule has 5 heteroatoms. The largest absolute Gasteiger partial charge is 0.508 e. The highest BCUT2D eigenvalue weighted by atomic mass is 16.5. The molecule has 34 heavy (non-hydrogen) atoms. The Bertz CT molecular complexity index is 1290. The molecule has 5 rings (SSSR count). The number of para-hydroxylation sites is 2. The van der Waals surface area contributed by atoms with Gasteiger partial charge in [-0.2, -0.15) is 5.10 Å². The molecular formula is C29H30N2O3. The Kier molecular flexibility index (Phi) is 6.35. The van der Waals surface area contributed by atoms with E-state index in [1.165, 1.54) is 12.8 Å². The van der Waals surface area contributed by atoms with Crippen LogP contribution < -0.4 is 4.74 Å². The Hall–Kier alpha value is -3.60. The summed E-state index contributed by atoms with van der Waals surface area (Å²) in [6.45, 7) is 2.22. The molecule has 5 nitrogen and oxygen atoms in total. The molecule has 3 aromatic carbocycles. The maximum atomic E-state index is 12.9. The number of ether oxygens (including phenoxy) is 1. The lowest BCUT2D eigenvalue weighted by molar-refractivity contribution is -0.140. The van der Waals surface area contributed by atoms with Crippen LogP contribution in [0.4, 0.5) is 0 Å². The van der Waals surface area contributed by atoms with E-state index in [0.717, 1.165) is 53.4 Å². The Balaban J connectivity index is 1.41. The van der Waals surface area contributed by atoms with Crippen molar-refractivity contribution in [1.82, 2.24) is 4.68 Å². The number of nitrogens with zero attached hydrogens (tertiary/aromatic N) is 2. The number of hydrogen-bond donors (Lipinski definition) is 1. The highest BCUT2D eigenvalue weighted by Gasteiger charge is 2.27. The van der Waals surface area contributed by atoms with Crippen molar-refractivity contribution >= 4 is 34.0 Å². The van der Waals surface area contributed by atoms with E-state index in [2.05, 4.69) is 19.1 Å². The van der Waals surface area contributed by atoms with Crippen LogP contribution in [0.15, 0.2) is 71.8 Å². The summed E-state index contributed by atoms with van der Waals surface area (Å²) in [5.41, 5.74) is 2.54. The summed E-state index contributed by atoms with van der Waals surface area (Å²) >= 11 is 0. The average molecular weight is 455 g/mol. The molecule has 0 saturated heterocycles. The van der Waals surface area contributed by atoms with Crippen molar-refractivity contribution in [2.75, 3.05) is 0 Å². The first-order chi connectivity index (χ1) is 16.6. The minimum Gasteiger partial charge on any atom is -0.508 e. The summed E-state index contributed by atoms with van der Waals surface area (Å²) in [6.07, 6.45) is 8.03. The number of benzene rings is 3. The molecule has 0 spiro atoms. The summed E-state index contributed by atoms with van der Waals surface area (Å²) < 4.78 is 7.71. The van der Waals surface area contributed by atoms with Crippen LogP contribution in [0.5, 0.6) is 11.5 Å². The van der Waals surface area contributed by atoms with Gasteiger partial charge in [0.2, 0.25) is 0 Å². The van der Waals surface area contributed by atoms with E-state index < -0.39 is 0 Å². The van der Waals surface area contributed by atoms with Gasteiger partial charge in [0.25, 0.3) is 0 Å². The van der Waals surface area contributed by atoms with Gasteiger partial charge in [-0.05, 0) is 61.9 Å². The second-order valence-corrected chi connectivity index (χ2v) is 9.24. The molecule has 1 aliphatic rings. The first-order valence-corrected chi connectivity index (χ1v) is 12.2. The molecule has 4 aromatic rings. The normalized spacial score (nSPS) is 18.6. The van der Waals surface area contributed by atoms with Crippen LogP contribution in [-0.2, 0) is 4.79 Å². The van der Waals surface area contributed by atoms with Gasteiger partial charge in [0, 0.05) is 16.3 Å². The van der Waals surface area contributed by atoms with E-state index in [4.69, 9.17) is 9.84 Å². The zero-order valence-electron chi connectivity index (χ0n) is 19.5. The van der Waals surface area contributed by atoms with Gasteiger partial charge in [-0.25, -0.2) is 4.68 Å². The van der Waals surface area contributed by atoms with Gasteiger partial charge in [-0.15, -0.1) is 0 Å². The predicted molar refractivity (Wildman–Crippen MR) is 137 cm³/mol. The van der Waals surface area contributed by atoms with Gasteiger partial charge < -0.3 is 9.84 Å². The van der Waals surface area contributed by atoms with E-state index in [9.17, 15) is 9.90 Å². The fourth-order valence-corrected chi connectivity index (χ4v) is 5.16. The van der Waals surface area contributed by atoms with E-state index in [1.54, 1.807) is 24.4 Å². The number of rotatable bonds is 6. The fraction of sp³-hybridized carbons (Fsp3) is 0.310. The zero-order chi connectivity index (χ0) is 23.5. The number of esters is 1. The van der Waals surface area contributed by atoms with Crippen molar-refractivity contribution < 1.29 is 14.6 Å². The van der Waals surface area contributed by atoms with Gasteiger partial charge in [0.1, 0.15) is 11.5 Å². The quantitative estimate of drug-likeness (QED) is 0.196. The summed E-state index contributed by atoms with van der Waals surface area (Å²) in [4.78, 5) is 12.9. The molecule has 1 N–H and O–H groups in total. The summed E-state index contributed by atoms with van der Waals surface area (Å²) in [5.74, 6) is 0.999. The van der Waals surface area contributed by atoms with Gasteiger partial charge in [-0.3, -0.25) is 4.79 Å². The molecule has 1 aromatic heterocycles. The lowest BCUT2D eigenvalue weighted by Gasteiger charge is -2.27. The van der Waals surface area contributed by atoms with Gasteiger partial charge >= 0.3 is 5.97 Å². The highest BCUT2D eigenvalue weighted by molar-refractivity contribution is 6.08. The van der Waals surface area contributed by atoms with Crippen LogP contribution in [0, 0.1) is 11.8 Å². The van der Waals surface area contributed by atoms with Crippen LogP contribution >= 0.6 is 0 Å². The van der Waals surface area contributed by atoms with Crippen LogP contribution in [0.1, 0.15) is 51.0 Å². The number of carbonyl (C=O) groups excluding carboxylic acids is 1. The van der Waals surface area contributed by atoms with Crippen LogP contribution in [0.3, 0.4) is 0 Å². The summed E-state index contributed by atoms with van der Waals surface area (Å²) in [5, 5.41) is 17.1. The molecule has 0 atom stereocenters. The van der Waals surface area contributed by atoms with E-state index in [0.29, 0.717) is 11.3 Å². The third-order valence-electron chi connectivity index (χ3n) is 6.95. The highest BCUT2D eigenvalue weighted by Crippen LogP contribution is 2.33. The van der Waals surface area contributed by atoms with Gasteiger partial charge in [0.05, 0.1) is 23.2 Å². The second-order valence-electron chi connectivity index (χ2n) is 9.24. The van der Waals surface area contributed by atoms with Crippen molar-refractivity contribution in [1.29, 1.82) is 0 Å². The van der Waals surface area contributed by atoms with Crippen LogP contribution in [0.2, 0.25) is 0 Å². The Labute approximate surface area is 199 Å². The SMILES string of the molecule is CCCC1CCC(C(=O)Oc2ccc(O)cc2/C=N/n2c3ccccc3c3ccccc32)CC1. The number of phenols is 1. The monoisotopic (exact) mass is 454 g/mol. The number of fused-ring (bicyclic) bond motifs is 3. The molecule has 174 valence electrons. The summed E-state index contributed by atoms with van der Waals surface area (Å²) in [6, 6.07) is 21.0.